The lowest BCUT2D eigenvalue weighted by Gasteiger charge is -2.11. The van der Waals surface area contributed by atoms with E-state index in [0.717, 1.165) is 5.39 Å². The predicted molar refractivity (Wildman–Crippen MR) is 136 cm³/mol. The third-order valence-corrected chi connectivity index (χ3v) is 5.43. The quantitative estimate of drug-likeness (QED) is 0.124. The highest BCUT2D eigenvalue weighted by Gasteiger charge is 2.17. The van der Waals surface area contributed by atoms with Crippen molar-refractivity contribution in [3.8, 4) is 5.75 Å². The fraction of sp³-hybridized carbons (Fsp3) is 0. The molecule has 4 aromatic rings. The smallest absolute Gasteiger partial charge is 0.345 e. The van der Waals surface area contributed by atoms with Crippen LogP contribution in [0.1, 0.15) is 15.9 Å². The summed E-state index contributed by atoms with van der Waals surface area (Å²) in [6.45, 7) is 0. The molecule has 0 saturated carbocycles. The zero-order valence-corrected chi connectivity index (χ0v) is 19.5. The van der Waals surface area contributed by atoms with Gasteiger partial charge in [0, 0.05) is 16.3 Å². The van der Waals surface area contributed by atoms with Crippen molar-refractivity contribution in [3.05, 3.63) is 106 Å². The van der Waals surface area contributed by atoms with Gasteiger partial charge in [0.2, 0.25) is 0 Å². The molecule has 0 heterocycles. The van der Waals surface area contributed by atoms with Gasteiger partial charge in [0.15, 0.2) is 0 Å². The molecule has 0 radical (unpaired) electrons. The number of benzene rings is 4. The van der Waals surface area contributed by atoms with Gasteiger partial charge in [0.25, 0.3) is 0 Å². The van der Waals surface area contributed by atoms with Crippen LogP contribution in [0, 0.1) is 0 Å². The number of para-hydroxylation sites is 1. The molecule has 4 rings (SSSR count). The minimum atomic E-state index is -0.961. The second-order valence-electron chi connectivity index (χ2n) is 7.23. The molecular weight excluding hydrogens is 489 g/mol. The molecule has 0 unspecified atom stereocenters. The van der Waals surface area contributed by atoms with Gasteiger partial charge >= 0.3 is 17.8 Å². The number of anilines is 1. The summed E-state index contributed by atoms with van der Waals surface area (Å²) in [5.74, 6) is -2.35. The molecule has 0 aliphatic rings. The van der Waals surface area contributed by atoms with E-state index in [1.54, 1.807) is 42.5 Å². The molecule has 0 aliphatic carbocycles. The van der Waals surface area contributed by atoms with E-state index in [-0.39, 0.29) is 16.3 Å². The maximum absolute atomic E-state index is 12.8. The van der Waals surface area contributed by atoms with Crippen LogP contribution < -0.4 is 15.5 Å². The van der Waals surface area contributed by atoms with Crippen LogP contribution in [0.2, 0.25) is 10.0 Å². The number of carbonyl (C=O) groups excluding carboxylic acids is 3. The first-order valence-electron chi connectivity index (χ1n) is 10.3. The Morgan fingerprint density at radius 2 is 1.57 bits per heavy atom. The van der Waals surface area contributed by atoms with Gasteiger partial charge in [-0.15, -0.1) is 0 Å². The highest BCUT2D eigenvalue weighted by Crippen LogP contribution is 2.29. The summed E-state index contributed by atoms with van der Waals surface area (Å²) in [6.07, 6.45) is 1.31. The van der Waals surface area contributed by atoms with E-state index in [0.29, 0.717) is 21.7 Å². The van der Waals surface area contributed by atoms with Crippen LogP contribution in [0.4, 0.5) is 5.69 Å². The first-order chi connectivity index (χ1) is 16.9. The minimum Gasteiger partial charge on any atom is -0.422 e. The van der Waals surface area contributed by atoms with Gasteiger partial charge in [-0.2, -0.15) is 5.10 Å². The van der Waals surface area contributed by atoms with Crippen molar-refractivity contribution in [2.45, 2.75) is 0 Å². The molecule has 2 amide bonds. The summed E-state index contributed by atoms with van der Waals surface area (Å²) in [5.41, 5.74) is 3.22. The Labute approximate surface area is 210 Å². The summed E-state index contributed by atoms with van der Waals surface area (Å²) >= 11 is 12.0. The van der Waals surface area contributed by atoms with Crippen molar-refractivity contribution >= 4 is 63.7 Å². The Morgan fingerprint density at radius 1 is 0.829 bits per heavy atom. The third kappa shape index (κ3) is 5.84. The summed E-state index contributed by atoms with van der Waals surface area (Å²) in [6, 6.07) is 23.7. The predicted octanol–water partition coefficient (Wildman–Crippen LogP) is 5.45. The van der Waals surface area contributed by atoms with Crippen LogP contribution in [0.3, 0.4) is 0 Å². The van der Waals surface area contributed by atoms with Crippen LogP contribution in [0.5, 0.6) is 5.75 Å². The highest BCUT2D eigenvalue weighted by molar-refractivity contribution is 6.39. The average molecular weight is 506 g/mol. The number of rotatable bonds is 5. The fourth-order valence-electron chi connectivity index (χ4n) is 3.22. The number of hydrazone groups is 1. The molecule has 0 atom stereocenters. The summed E-state index contributed by atoms with van der Waals surface area (Å²) in [7, 11) is 0. The number of ether oxygens (including phenoxy) is 1. The van der Waals surface area contributed by atoms with Crippen molar-refractivity contribution in [2.24, 2.45) is 5.10 Å². The standard InChI is InChI=1S/C26H17Cl2N3O4/c27-17-11-12-20(22(28)14-17)26(34)35-23-13-10-16-6-4-5-9-19(16)21(23)15-29-31-25(33)24(32)30-18-7-2-1-3-8-18/h1-15H,(H,30,32)(H,31,33). The SMILES string of the molecule is O=C(NN=Cc1c(OC(=O)c2ccc(Cl)cc2Cl)ccc2ccccc12)C(=O)Nc1ccccc1. The summed E-state index contributed by atoms with van der Waals surface area (Å²) in [5, 5.41) is 8.48. The number of fused-ring (bicyclic) bond motifs is 1. The zero-order chi connectivity index (χ0) is 24.8. The second-order valence-corrected chi connectivity index (χ2v) is 8.08. The van der Waals surface area contributed by atoms with Gasteiger partial charge in [-0.1, -0.05) is 71.7 Å². The number of amides is 2. The van der Waals surface area contributed by atoms with Crippen molar-refractivity contribution in [1.82, 2.24) is 5.43 Å². The van der Waals surface area contributed by atoms with E-state index in [9.17, 15) is 14.4 Å². The van der Waals surface area contributed by atoms with Gasteiger partial charge < -0.3 is 10.1 Å². The van der Waals surface area contributed by atoms with E-state index in [1.807, 2.05) is 24.3 Å². The van der Waals surface area contributed by atoms with Crippen LogP contribution >= 0.6 is 23.2 Å². The molecule has 0 aliphatic heterocycles. The molecular formula is C26H17Cl2N3O4. The number of halogens is 2. The summed E-state index contributed by atoms with van der Waals surface area (Å²) < 4.78 is 5.59. The molecule has 2 N–H and O–H groups in total. The van der Waals surface area contributed by atoms with Crippen LogP contribution in [-0.2, 0) is 9.59 Å². The Balaban J connectivity index is 1.56. The molecule has 9 heteroatoms. The number of hydrogen-bond donors (Lipinski definition) is 2. The lowest BCUT2D eigenvalue weighted by molar-refractivity contribution is -0.136. The summed E-state index contributed by atoms with van der Waals surface area (Å²) in [4.78, 5) is 37.0. The number of carbonyl (C=O) groups is 3. The molecule has 174 valence electrons. The highest BCUT2D eigenvalue weighted by atomic mass is 35.5. The van der Waals surface area contributed by atoms with E-state index < -0.39 is 17.8 Å². The minimum absolute atomic E-state index is 0.137. The Morgan fingerprint density at radius 3 is 2.34 bits per heavy atom. The maximum atomic E-state index is 12.8. The number of nitrogens with one attached hydrogen (secondary N) is 2. The number of nitrogens with zero attached hydrogens (tertiary/aromatic N) is 1. The van der Waals surface area contributed by atoms with Crippen molar-refractivity contribution in [1.29, 1.82) is 0 Å². The van der Waals surface area contributed by atoms with E-state index >= 15 is 0 Å². The average Bonchev–Trinajstić information content (AvgIpc) is 2.85. The van der Waals surface area contributed by atoms with Crippen LogP contribution in [-0.4, -0.2) is 24.0 Å². The molecule has 4 aromatic carbocycles. The largest absolute Gasteiger partial charge is 0.422 e. The van der Waals surface area contributed by atoms with Gasteiger partial charge in [-0.3, -0.25) is 9.59 Å². The van der Waals surface area contributed by atoms with E-state index in [1.165, 1.54) is 24.4 Å². The van der Waals surface area contributed by atoms with E-state index in [2.05, 4.69) is 15.8 Å². The van der Waals surface area contributed by atoms with Gasteiger partial charge in [-0.05, 0) is 47.2 Å². The molecule has 35 heavy (non-hydrogen) atoms. The molecule has 0 aromatic heterocycles. The molecule has 7 nitrogen and oxygen atoms in total. The van der Waals surface area contributed by atoms with Crippen molar-refractivity contribution in [2.75, 3.05) is 5.32 Å². The van der Waals surface area contributed by atoms with Gasteiger partial charge in [0.05, 0.1) is 16.8 Å². The second kappa shape index (κ2) is 10.8. The van der Waals surface area contributed by atoms with Gasteiger partial charge in [0.1, 0.15) is 5.75 Å². The molecule has 0 fully saturated rings. The van der Waals surface area contributed by atoms with Crippen molar-refractivity contribution in [3.63, 3.8) is 0 Å². The van der Waals surface area contributed by atoms with Crippen molar-refractivity contribution < 1.29 is 19.1 Å². The van der Waals surface area contributed by atoms with Crippen LogP contribution in [0.15, 0.2) is 90.0 Å². The first-order valence-corrected chi connectivity index (χ1v) is 11.1. The topological polar surface area (TPSA) is 96.9 Å². The normalized spacial score (nSPS) is 10.8. The zero-order valence-electron chi connectivity index (χ0n) is 18.0. The van der Waals surface area contributed by atoms with Crippen LogP contribution in [0.25, 0.3) is 10.8 Å². The lowest BCUT2D eigenvalue weighted by Crippen LogP contribution is -2.32. The molecule has 0 spiro atoms. The van der Waals surface area contributed by atoms with Gasteiger partial charge in [-0.25, -0.2) is 10.2 Å². The lowest BCUT2D eigenvalue weighted by atomic mass is 10.0. The first kappa shape index (κ1) is 23.9. The Kier molecular flexibility index (Phi) is 7.40. The Hall–Kier alpha value is -4.20. The Bertz CT molecular complexity index is 1460. The van der Waals surface area contributed by atoms with E-state index in [4.69, 9.17) is 27.9 Å². The molecule has 0 saturated heterocycles. The fourth-order valence-corrected chi connectivity index (χ4v) is 3.71. The maximum Gasteiger partial charge on any atom is 0.345 e. The third-order valence-electron chi connectivity index (χ3n) is 4.88. The molecule has 0 bridgehead atoms. The monoisotopic (exact) mass is 505 g/mol. The number of hydrogen-bond acceptors (Lipinski definition) is 5. The number of esters is 1.